The van der Waals surface area contributed by atoms with Crippen molar-refractivity contribution in [3.63, 3.8) is 0 Å². The highest BCUT2D eigenvalue weighted by Gasteiger charge is 2.23. The summed E-state index contributed by atoms with van der Waals surface area (Å²) in [5.74, 6) is 1.19. The molecule has 0 aliphatic carbocycles. The SMILES string of the molecule is CCCCN1CCCc2nc(-c3ccc(C)cc3)c(-c3ccc(C)cc3)nc21.O=C1CSC(=O)N1. The molecular weight excluding hydrogens is 456 g/mol. The minimum Gasteiger partial charge on any atom is -0.355 e. The number of amides is 2. The van der Waals surface area contributed by atoms with Crippen molar-refractivity contribution in [1.82, 2.24) is 15.3 Å². The van der Waals surface area contributed by atoms with E-state index in [1.165, 1.54) is 24.0 Å². The third kappa shape index (κ3) is 6.28. The zero-order valence-electron chi connectivity index (χ0n) is 20.6. The number of fused-ring (bicyclic) bond motifs is 1. The molecule has 0 spiro atoms. The van der Waals surface area contributed by atoms with Gasteiger partial charge in [-0.15, -0.1) is 0 Å². The van der Waals surface area contributed by atoms with Gasteiger partial charge in [0.2, 0.25) is 5.91 Å². The summed E-state index contributed by atoms with van der Waals surface area (Å²) in [4.78, 5) is 33.0. The number of carbonyl (C=O) groups is 2. The topological polar surface area (TPSA) is 75.2 Å². The molecule has 182 valence electrons. The number of imide groups is 1. The molecule has 0 radical (unpaired) electrons. The molecule has 0 saturated carbocycles. The maximum Gasteiger partial charge on any atom is 0.286 e. The number of thioether (sulfide) groups is 1. The van der Waals surface area contributed by atoms with Crippen LogP contribution < -0.4 is 10.2 Å². The van der Waals surface area contributed by atoms with E-state index in [-0.39, 0.29) is 11.1 Å². The van der Waals surface area contributed by atoms with Crippen molar-refractivity contribution in [1.29, 1.82) is 0 Å². The summed E-state index contributed by atoms with van der Waals surface area (Å²) in [6.45, 7) is 8.63. The first-order valence-electron chi connectivity index (χ1n) is 12.2. The van der Waals surface area contributed by atoms with E-state index < -0.39 is 0 Å². The number of hydrogen-bond donors (Lipinski definition) is 1. The highest BCUT2D eigenvalue weighted by Crippen LogP contribution is 2.35. The van der Waals surface area contributed by atoms with Crippen LogP contribution in [0.5, 0.6) is 0 Å². The zero-order valence-corrected chi connectivity index (χ0v) is 21.5. The first-order chi connectivity index (χ1) is 16.9. The predicted octanol–water partition coefficient (Wildman–Crippen LogP) is 5.95. The van der Waals surface area contributed by atoms with E-state index >= 15 is 0 Å². The van der Waals surface area contributed by atoms with Gasteiger partial charge >= 0.3 is 0 Å². The van der Waals surface area contributed by atoms with Gasteiger partial charge in [0, 0.05) is 24.2 Å². The maximum atomic E-state index is 10.1. The van der Waals surface area contributed by atoms with Gasteiger partial charge in [-0.2, -0.15) is 0 Å². The number of benzene rings is 2. The van der Waals surface area contributed by atoms with Crippen LogP contribution in [0.3, 0.4) is 0 Å². The Morgan fingerprint density at radius 1 is 0.914 bits per heavy atom. The summed E-state index contributed by atoms with van der Waals surface area (Å²) in [5, 5.41) is 1.87. The quantitative estimate of drug-likeness (QED) is 0.478. The zero-order chi connectivity index (χ0) is 24.8. The molecule has 1 fully saturated rings. The lowest BCUT2D eigenvalue weighted by molar-refractivity contribution is -0.117. The summed E-state index contributed by atoms with van der Waals surface area (Å²) in [6, 6.07) is 17.3. The van der Waals surface area contributed by atoms with Crippen molar-refractivity contribution in [3.8, 4) is 22.5 Å². The Morgan fingerprint density at radius 2 is 1.51 bits per heavy atom. The Labute approximate surface area is 211 Å². The molecule has 35 heavy (non-hydrogen) atoms. The molecule has 1 N–H and O–H groups in total. The summed E-state index contributed by atoms with van der Waals surface area (Å²) in [5.41, 5.74) is 7.94. The normalized spacial score (nSPS) is 14.8. The Morgan fingerprint density at radius 3 is 2.00 bits per heavy atom. The van der Waals surface area contributed by atoms with E-state index in [0.717, 1.165) is 71.7 Å². The molecule has 2 aliphatic rings. The number of rotatable bonds is 5. The molecule has 2 amide bonds. The van der Waals surface area contributed by atoms with E-state index in [4.69, 9.17) is 9.97 Å². The van der Waals surface area contributed by atoms with Gasteiger partial charge in [-0.1, -0.05) is 84.8 Å². The van der Waals surface area contributed by atoms with Crippen LogP contribution in [-0.2, 0) is 11.2 Å². The summed E-state index contributed by atoms with van der Waals surface area (Å²) >= 11 is 1.01. The van der Waals surface area contributed by atoms with E-state index in [9.17, 15) is 9.59 Å². The lowest BCUT2D eigenvalue weighted by Gasteiger charge is -2.30. The number of unbranched alkanes of at least 4 members (excludes halogenated alkanes) is 1. The molecule has 1 aromatic heterocycles. The van der Waals surface area contributed by atoms with Crippen LogP contribution in [0.15, 0.2) is 48.5 Å². The van der Waals surface area contributed by atoms with Crippen LogP contribution in [0.4, 0.5) is 10.6 Å². The van der Waals surface area contributed by atoms with Gasteiger partial charge in [0.15, 0.2) is 5.82 Å². The number of nitrogens with one attached hydrogen (secondary N) is 1. The van der Waals surface area contributed by atoms with E-state index in [0.29, 0.717) is 5.75 Å². The summed E-state index contributed by atoms with van der Waals surface area (Å²) in [7, 11) is 0. The smallest absolute Gasteiger partial charge is 0.286 e. The molecule has 3 aromatic rings. The molecule has 1 saturated heterocycles. The second-order valence-corrected chi connectivity index (χ2v) is 9.94. The maximum absolute atomic E-state index is 10.1. The molecule has 6 nitrogen and oxygen atoms in total. The highest BCUT2D eigenvalue weighted by atomic mass is 32.2. The molecular formula is C28H32N4O2S. The molecule has 2 aromatic carbocycles. The van der Waals surface area contributed by atoms with E-state index in [1.54, 1.807) is 0 Å². The Bertz CT molecular complexity index is 1180. The standard InChI is InChI=1S/C25H29N3.C3H3NO2S/c1-4-5-16-28-17-6-7-22-25(28)27-24(21-14-10-19(3)11-15-21)23(26-22)20-12-8-18(2)9-13-20;5-2-1-7-3(6)4-2/h8-15H,4-7,16-17H2,1-3H3;1H2,(H,4,5,6). The van der Waals surface area contributed by atoms with Gasteiger partial charge in [-0.25, -0.2) is 9.97 Å². The number of nitrogens with zero attached hydrogens (tertiary/aromatic N) is 3. The first-order valence-corrected chi connectivity index (χ1v) is 13.2. The van der Waals surface area contributed by atoms with E-state index in [2.05, 4.69) is 79.5 Å². The second-order valence-electron chi connectivity index (χ2n) is 8.99. The first kappa shape index (κ1) is 24.9. The van der Waals surface area contributed by atoms with Gasteiger partial charge < -0.3 is 4.90 Å². The predicted molar refractivity (Wildman–Crippen MR) is 144 cm³/mol. The van der Waals surface area contributed by atoms with Gasteiger partial charge in [0.05, 0.1) is 22.8 Å². The van der Waals surface area contributed by atoms with Crippen molar-refractivity contribution in [2.24, 2.45) is 0 Å². The van der Waals surface area contributed by atoms with Crippen molar-refractivity contribution in [3.05, 3.63) is 65.4 Å². The van der Waals surface area contributed by atoms with Crippen molar-refractivity contribution in [2.75, 3.05) is 23.7 Å². The van der Waals surface area contributed by atoms with Crippen LogP contribution in [-0.4, -0.2) is 40.0 Å². The number of aryl methyl sites for hydroxylation is 3. The van der Waals surface area contributed by atoms with Crippen molar-refractivity contribution in [2.45, 2.75) is 46.5 Å². The molecule has 7 heteroatoms. The third-order valence-corrected chi connectivity index (χ3v) is 6.87. The van der Waals surface area contributed by atoms with Gasteiger partial charge in [-0.05, 0) is 33.1 Å². The van der Waals surface area contributed by atoms with Crippen LogP contribution in [0.2, 0.25) is 0 Å². The molecule has 0 atom stereocenters. The van der Waals surface area contributed by atoms with Gasteiger partial charge in [0.1, 0.15) is 0 Å². The fourth-order valence-electron chi connectivity index (χ4n) is 4.13. The minimum atomic E-state index is -0.231. The van der Waals surface area contributed by atoms with Crippen LogP contribution in [0, 0.1) is 13.8 Å². The van der Waals surface area contributed by atoms with Crippen molar-refractivity contribution >= 4 is 28.7 Å². The summed E-state index contributed by atoms with van der Waals surface area (Å²) < 4.78 is 0. The molecule has 2 aliphatic heterocycles. The second kappa shape index (κ2) is 11.5. The van der Waals surface area contributed by atoms with Gasteiger partial charge in [-0.3, -0.25) is 14.9 Å². The number of anilines is 1. The monoisotopic (exact) mass is 488 g/mol. The average molecular weight is 489 g/mol. The minimum absolute atomic E-state index is 0.185. The van der Waals surface area contributed by atoms with E-state index in [1.807, 2.05) is 0 Å². The van der Waals surface area contributed by atoms with Crippen LogP contribution in [0.25, 0.3) is 22.5 Å². The van der Waals surface area contributed by atoms with Gasteiger partial charge in [0.25, 0.3) is 5.24 Å². The lowest BCUT2D eigenvalue weighted by atomic mass is 10.0. The third-order valence-electron chi connectivity index (χ3n) is 6.10. The Kier molecular flexibility index (Phi) is 8.18. The average Bonchev–Trinajstić information content (AvgIpc) is 3.25. The molecule has 0 unspecified atom stereocenters. The Hall–Kier alpha value is -3.19. The number of aromatic nitrogens is 2. The molecule has 3 heterocycles. The molecule has 0 bridgehead atoms. The van der Waals surface area contributed by atoms with Crippen molar-refractivity contribution < 1.29 is 9.59 Å². The van der Waals surface area contributed by atoms with Crippen LogP contribution >= 0.6 is 11.8 Å². The lowest BCUT2D eigenvalue weighted by Crippen LogP contribution is -2.32. The summed E-state index contributed by atoms with van der Waals surface area (Å²) in [6.07, 6.45) is 4.56. The fourth-order valence-corrected chi connectivity index (χ4v) is 4.66. The van der Waals surface area contributed by atoms with Crippen LogP contribution in [0.1, 0.15) is 43.0 Å². The Balaban J connectivity index is 0.000000356. The fraction of sp³-hybridized carbons (Fsp3) is 0.357. The number of hydrogen-bond acceptors (Lipinski definition) is 6. The highest BCUT2D eigenvalue weighted by molar-refractivity contribution is 8.14. The largest absolute Gasteiger partial charge is 0.355 e. The molecule has 5 rings (SSSR count). The number of carbonyl (C=O) groups excluding carboxylic acids is 2.